The van der Waals surface area contributed by atoms with Gasteiger partial charge in [-0.15, -0.1) is 0 Å². The summed E-state index contributed by atoms with van der Waals surface area (Å²) in [6.07, 6.45) is 4.88. The van der Waals surface area contributed by atoms with Crippen LogP contribution in [0, 0.1) is 0 Å². The Kier molecular flexibility index (Phi) is 6.94. The van der Waals surface area contributed by atoms with Gasteiger partial charge >= 0.3 is 0 Å². The van der Waals surface area contributed by atoms with Gasteiger partial charge in [0.2, 0.25) is 0 Å². The zero-order valence-electron chi connectivity index (χ0n) is 11.5. The molecule has 3 nitrogen and oxygen atoms in total. The third-order valence-corrected chi connectivity index (χ3v) is 3.83. The fraction of sp³-hybridized carbons (Fsp3) is 0.600. The smallest absolute Gasteiger partial charge is 0.137 e. The summed E-state index contributed by atoms with van der Waals surface area (Å²) in [6.45, 7) is 3.55. The molecule has 20 heavy (non-hydrogen) atoms. The van der Waals surface area contributed by atoms with Gasteiger partial charge in [0.1, 0.15) is 5.75 Å². The van der Waals surface area contributed by atoms with E-state index in [-0.39, 0.29) is 0 Å². The van der Waals surface area contributed by atoms with E-state index >= 15 is 0 Å². The number of benzene rings is 1. The molecule has 0 aliphatic carbocycles. The fourth-order valence-electron chi connectivity index (χ4n) is 2.19. The second-order valence-corrected chi connectivity index (χ2v) is 5.81. The summed E-state index contributed by atoms with van der Waals surface area (Å²) in [7, 11) is 0. The van der Waals surface area contributed by atoms with Crippen LogP contribution in [-0.2, 0) is 4.74 Å². The van der Waals surface area contributed by atoms with Gasteiger partial charge in [0, 0.05) is 18.2 Å². The van der Waals surface area contributed by atoms with E-state index in [4.69, 9.17) is 32.7 Å². The number of ether oxygens (including phenoxy) is 2. The number of nitrogens with one attached hydrogen (secondary N) is 1. The van der Waals surface area contributed by atoms with Crippen molar-refractivity contribution in [2.75, 3.05) is 26.3 Å². The maximum Gasteiger partial charge on any atom is 0.137 e. The molecule has 1 saturated heterocycles. The van der Waals surface area contributed by atoms with Crippen LogP contribution in [-0.4, -0.2) is 32.4 Å². The molecule has 1 aliphatic heterocycles. The second-order valence-electron chi connectivity index (χ2n) is 4.97. The average Bonchev–Trinajstić information content (AvgIpc) is 2.93. The van der Waals surface area contributed by atoms with Crippen molar-refractivity contribution in [2.45, 2.75) is 31.8 Å². The molecule has 1 N–H and O–H groups in total. The Morgan fingerprint density at radius 1 is 1.30 bits per heavy atom. The first kappa shape index (κ1) is 15.9. The van der Waals surface area contributed by atoms with Crippen molar-refractivity contribution < 1.29 is 9.47 Å². The van der Waals surface area contributed by atoms with E-state index in [2.05, 4.69) is 5.32 Å². The lowest BCUT2D eigenvalue weighted by atomic mass is 10.2. The highest BCUT2D eigenvalue weighted by Gasteiger charge is 2.13. The molecule has 0 radical (unpaired) electrons. The molecule has 5 heteroatoms. The van der Waals surface area contributed by atoms with E-state index in [1.807, 2.05) is 0 Å². The molecule has 1 heterocycles. The van der Waals surface area contributed by atoms with Crippen LogP contribution >= 0.6 is 23.2 Å². The zero-order chi connectivity index (χ0) is 14.2. The number of hydrogen-bond donors (Lipinski definition) is 1. The molecule has 0 bridgehead atoms. The van der Waals surface area contributed by atoms with Crippen LogP contribution in [0.4, 0.5) is 0 Å². The summed E-state index contributed by atoms with van der Waals surface area (Å²) in [5, 5.41) is 4.61. The SMILES string of the molecule is Clc1ccc(OCCCCNCC2CCCO2)c(Cl)c1. The van der Waals surface area contributed by atoms with Crippen LogP contribution in [0.1, 0.15) is 25.7 Å². The molecule has 1 aromatic rings. The monoisotopic (exact) mass is 317 g/mol. The van der Waals surface area contributed by atoms with Gasteiger partial charge < -0.3 is 14.8 Å². The number of rotatable bonds is 8. The topological polar surface area (TPSA) is 30.5 Å². The summed E-state index contributed by atoms with van der Waals surface area (Å²) >= 11 is 11.9. The van der Waals surface area contributed by atoms with Gasteiger partial charge in [-0.3, -0.25) is 0 Å². The van der Waals surface area contributed by atoms with Crippen LogP contribution in [0.3, 0.4) is 0 Å². The van der Waals surface area contributed by atoms with Gasteiger partial charge in [-0.1, -0.05) is 23.2 Å². The van der Waals surface area contributed by atoms with Crippen LogP contribution in [0.2, 0.25) is 10.0 Å². The van der Waals surface area contributed by atoms with Gasteiger partial charge in [0.05, 0.1) is 17.7 Å². The van der Waals surface area contributed by atoms with Crippen molar-refractivity contribution in [2.24, 2.45) is 0 Å². The molecule has 1 atom stereocenters. The quantitative estimate of drug-likeness (QED) is 0.737. The van der Waals surface area contributed by atoms with Gasteiger partial charge in [0.15, 0.2) is 0 Å². The molecular formula is C15H21Cl2NO2. The molecular weight excluding hydrogens is 297 g/mol. The molecule has 2 rings (SSSR count). The minimum atomic E-state index is 0.416. The highest BCUT2D eigenvalue weighted by atomic mass is 35.5. The van der Waals surface area contributed by atoms with Crippen molar-refractivity contribution in [3.8, 4) is 5.75 Å². The number of halogens is 2. The van der Waals surface area contributed by atoms with Gasteiger partial charge in [0.25, 0.3) is 0 Å². The van der Waals surface area contributed by atoms with E-state index in [1.54, 1.807) is 18.2 Å². The molecule has 0 saturated carbocycles. The van der Waals surface area contributed by atoms with E-state index in [1.165, 1.54) is 12.8 Å². The van der Waals surface area contributed by atoms with E-state index < -0.39 is 0 Å². The lowest BCUT2D eigenvalue weighted by Crippen LogP contribution is -2.27. The Morgan fingerprint density at radius 2 is 2.20 bits per heavy atom. The van der Waals surface area contributed by atoms with Crippen molar-refractivity contribution in [1.82, 2.24) is 5.32 Å². The molecule has 0 spiro atoms. The second kappa shape index (κ2) is 8.73. The van der Waals surface area contributed by atoms with E-state index in [9.17, 15) is 0 Å². The normalized spacial score (nSPS) is 18.4. The lowest BCUT2D eigenvalue weighted by molar-refractivity contribution is 0.110. The van der Waals surface area contributed by atoms with Crippen molar-refractivity contribution in [3.05, 3.63) is 28.2 Å². The Morgan fingerprint density at radius 3 is 2.95 bits per heavy atom. The van der Waals surface area contributed by atoms with Crippen molar-refractivity contribution in [3.63, 3.8) is 0 Å². The molecule has 112 valence electrons. The first-order valence-electron chi connectivity index (χ1n) is 7.16. The Balaban J connectivity index is 1.50. The third kappa shape index (κ3) is 5.49. The number of unbranched alkanes of at least 4 members (excludes halogenated alkanes) is 1. The van der Waals surface area contributed by atoms with Crippen LogP contribution in [0.5, 0.6) is 5.75 Å². The molecule has 1 aliphatic rings. The summed E-state index contributed by atoms with van der Waals surface area (Å²) in [6, 6.07) is 5.29. The molecule has 0 aromatic heterocycles. The lowest BCUT2D eigenvalue weighted by Gasteiger charge is -2.11. The Hall–Kier alpha value is -0.480. The largest absolute Gasteiger partial charge is 0.492 e. The maximum absolute atomic E-state index is 6.03. The fourth-order valence-corrected chi connectivity index (χ4v) is 2.66. The predicted molar refractivity (Wildman–Crippen MR) is 83.0 cm³/mol. The van der Waals surface area contributed by atoms with Crippen molar-refractivity contribution in [1.29, 1.82) is 0 Å². The van der Waals surface area contributed by atoms with Crippen LogP contribution in [0.25, 0.3) is 0 Å². The maximum atomic E-state index is 6.03. The van der Waals surface area contributed by atoms with E-state index in [0.717, 1.165) is 32.5 Å². The highest BCUT2D eigenvalue weighted by molar-refractivity contribution is 6.35. The molecule has 0 amide bonds. The number of hydrogen-bond acceptors (Lipinski definition) is 3. The average molecular weight is 318 g/mol. The van der Waals surface area contributed by atoms with Crippen LogP contribution in [0.15, 0.2) is 18.2 Å². The minimum Gasteiger partial charge on any atom is -0.492 e. The van der Waals surface area contributed by atoms with Crippen LogP contribution < -0.4 is 10.1 Å². The van der Waals surface area contributed by atoms with Gasteiger partial charge in [-0.05, 0) is 50.4 Å². The summed E-state index contributed by atoms with van der Waals surface area (Å²) in [5.74, 6) is 0.698. The summed E-state index contributed by atoms with van der Waals surface area (Å²) in [4.78, 5) is 0. The minimum absolute atomic E-state index is 0.416. The third-order valence-electron chi connectivity index (χ3n) is 3.30. The molecule has 1 fully saturated rings. The van der Waals surface area contributed by atoms with E-state index in [0.29, 0.717) is 28.5 Å². The molecule has 1 unspecified atom stereocenters. The summed E-state index contributed by atoms with van der Waals surface area (Å²) < 4.78 is 11.2. The summed E-state index contributed by atoms with van der Waals surface area (Å²) in [5.41, 5.74) is 0. The predicted octanol–water partition coefficient (Wildman–Crippen LogP) is 3.92. The highest BCUT2D eigenvalue weighted by Crippen LogP contribution is 2.27. The van der Waals surface area contributed by atoms with Crippen molar-refractivity contribution >= 4 is 23.2 Å². The first-order valence-corrected chi connectivity index (χ1v) is 7.91. The first-order chi connectivity index (χ1) is 9.75. The Bertz CT molecular complexity index is 409. The standard InChI is InChI=1S/C15H21Cl2NO2/c16-12-5-6-15(14(17)10-12)20-8-2-1-7-18-11-13-4-3-9-19-13/h5-6,10,13,18H,1-4,7-9,11H2. The zero-order valence-corrected chi connectivity index (χ0v) is 13.1. The Labute approximate surface area is 130 Å². The molecule has 1 aromatic carbocycles. The van der Waals surface area contributed by atoms with Gasteiger partial charge in [-0.25, -0.2) is 0 Å². The van der Waals surface area contributed by atoms with Gasteiger partial charge in [-0.2, -0.15) is 0 Å².